The van der Waals surface area contributed by atoms with Gasteiger partial charge in [-0.15, -0.1) is 0 Å². The van der Waals surface area contributed by atoms with Crippen molar-refractivity contribution in [1.82, 2.24) is 0 Å². The first-order valence-corrected chi connectivity index (χ1v) is 16.4. The van der Waals surface area contributed by atoms with Crippen LogP contribution in [-0.4, -0.2) is 0 Å². The monoisotopic (exact) mass is 573 g/mol. The lowest BCUT2D eigenvalue weighted by molar-refractivity contribution is 0.592. The van der Waals surface area contributed by atoms with E-state index in [2.05, 4.69) is 42.5 Å². The van der Waals surface area contributed by atoms with E-state index in [4.69, 9.17) is 4.11 Å². The van der Waals surface area contributed by atoms with E-state index in [0.29, 0.717) is 0 Å². The predicted octanol–water partition coefficient (Wildman–Crippen LogP) is 9.61. The third-order valence-corrected chi connectivity index (χ3v) is 12.1. The lowest BCUT2D eigenvalue weighted by Crippen LogP contribution is -2.25. The van der Waals surface area contributed by atoms with Gasteiger partial charge in [0, 0.05) is 25.4 Å². The molecule has 7 aromatic rings. The van der Waals surface area contributed by atoms with Crippen LogP contribution in [0.3, 0.4) is 0 Å². The van der Waals surface area contributed by atoms with Crippen LogP contribution in [0.1, 0.15) is 29.0 Å². The van der Waals surface area contributed by atoms with Crippen molar-refractivity contribution in [2.24, 2.45) is 0 Å². The molecule has 0 aromatic heterocycles. The standard InChI is InChI=1S/C41H31OP/c1-41(2)36-25-12-11-23-34(36)39-33-22-10-9-21-32(33)38(35-24-14-26-37(41)40(35)39)28-15-13-20-31(27-28)43(42,29-16-5-3-6-17-29)30-18-7-4-8-19-30/h3-27H,1-2H3/i1D3. The number of fused-ring (bicyclic) bond motifs is 4. The maximum atomic E-state index is 15.4. The SMILES string of the molecule is [2H]C([2H])([2H])C1(C)c2ccccc2-c2c3ccccc3c(-c3cccc(P(=O)(c4ccccc4)c4ccccc4)c3)c3cccc1c23. The lowest BCUT2D eigenvalue weighted by atomic mass is 9.67. The van der Waals surface area contributed by atoms with Gasteiger partial charge in [0.25, 0.3) is 0 Å². The molecule has 0 amide bonds. The average Bonchev–Trinajstić information content (AvgIpc) is 3.09. The van der Waals surface area contributed by atoms with Crippen LogP contribution in [0.25, 0.3) is 43.8 Å². The highest BCUT2D eigenvalue weighted by atomic mass is 31.2. The van der Waals surface area contributed by atoms with Gasteiger partial charge in [0.1, 0.15) is 0 Å². The third-order valence-electron chi connectivity index (χ3n) is 9.06. The summed E-state index contributed by atoms with van der Waals surface area (Å²) in [6.07, 6.45) is 0. The smallest absolute Gasteiger partial charge is 0.171 e. The van der Waals surface area contributed by atoms with Crippen LogP contribution < -0.4 is 15.9 Å². The second-order valence-corrected chi connectivity index (χ2v) is 14.3. The summed E-state index contributed by atoms with van der Waals surface area (Å²) in [5.74, 6) is 0. The van der Waals surface area contributed by atoms with Crippen LogP contribution in [-0.2, 0) is 9.98 Å². The highest BCUT2D eigenvalue weighted by Gasteiger charge is 2.35. The Morgan fingerprint density at radius 2 is 1.07 bits per heavy atom. The molecule has 0 N–H and O–H groups in total. The van der Waals surface area contributed by atoms with Gasteiger partial charge in [0.2, 0.25) is 0 Å². The molecule has 8 rings (SSSR count). The molecular weight excluding hydrogens is 539 g/mol. The van der Waals surface area contributed by atoms with Crippen LogP contribution >= 0.6 is 7.14 Å². The van der Waals surface area contributed by atoms with E-state index in [1.165, 1.54) is 0 Å². The molecule has 0 saturated heterocycles. The van der Waals surface area contributed by atoms with Gasteiger partial charge in [-0.3, -0.25) is 0 Å². The van der Waals surface area contributed by atoms with Crippen molar-refractivity contribution in [3.8, 4) is 22.3 Å². The highest BCUT2D eigenvalue weighted by molar-refractivity contribution is 7.85. The van der Waals surface area contributed by atoms with Gasteiger partial charge in [-0.1, -0.05) is 159 Å². The minimum Gasteiger partial charge on any atom is -0.309 e. The van der Waals surface area contributed by atoms with Crippen LogP contribution in [0, 0.1) is 0 Å². The zero-order valence-electron chi connectivity index (χ0n) is 26.8. The van der Waals surface area contributed by atoms with E-state index in [1.807, 2.05) is 116 Å². The van der Waals surface area contributed by atoms with Crippen LogP contribution in [0.4, 0.5) is 0 Å². The Kier molecular flexibility index (Phi) is 5.13. The van der Waals surface area contributed by atoms with Gasteiger partial charge in [0.05, 0.1) is 0 Å². The fourth-order valence-electron chi connectivity index (χ4n) is 7.10. The number of benzene rings is 7. The van der Waals surface area contributed by atoms with Crippen molar-refractivity contribution in [2.45, 2.75) is 19.2 Å². The topological polar surface area (TPSA) is 17.1 Å². The van der Waals surface area contributed by atoms with Gasteiger partial charge < -0.3 is 4.57 Å². The van der Waals surface area contributed by atoms with Gasteiger partial charge in [-0.25, -0.2) is 0 Å². The molecule has 1 aliphatic carbocycles. The minimum atomic E-state index is -3.22. The Balaban J connectivity index is 1.49. The summed E-state index contributed by atoms with van der Waals surface area (Å²) < 4.78 is 41.8. The number of hydrogen-bond donors (Lipinski definition) is 0. The summed E-state index contributed by atoms with van der Waals surface area (Å²) >= 11 is 0. The second kappa shape index (κ2) is 9.66. The summed E-state index contributed by atoms with van der Waals surface area (Å²) in [6.45, 7) is -0.416. The van der Waals surface area contributed by atoms with E-state index >= 15 is 4.57 Å². The summed E-state index contributed by atoms with van der Waals surface area (Å²) in [7, 11) is -3.22. The third kappa shape index (κ3) is 3.75. The van der Waals surface area contributed by atoms with E-state index in [0.717, 1.165) is 70.8 Å². The summed E-state index contributed by atoms with van der Waals surface area (Å²) in [6, 6.07) is 50.0. The van der Waals surface area contributed by atoms with E-state index in [9.17, 15) is 0 Å². The molecule has 2 heteroatoms. The molecule has 0 bridgehead atoms. The molecule has 43 heavy (non-hydrogen) atoms. The van der Waals surface area contributed by atoms with Crippen molar-refractivity contribution in [3.63, 3.8) is 0 Å². The van der Waals surface area contributed by atoms with Crippen molar-refractivity contribution >= 4 is 44.6 Å². The molecule has 1 aliphatic rings. The molecule has 7 aromatic carbocycles. The minimum absolute atomic E-state index is 0.754. The molecule has 0 heterocycles. The number of hydrogen-bond acceptors (Lipinski definition) is 1. The Morgan fingerprint density at radius 1 is 0.535 bits per heavy atom. The van der Waals surface area contributed by atoms with Gasteiger partial charge in [-0.2, -0.15) is 0 Å². The summed E-state index contributed by atoms with van der Waals surface area (Å²) in [5, 5.41) is 6.41. The van der Waals surface area contributed by atoms with Crippen molar-refractivity contribution in [2.75, 3.05) is 0 Å². The average molecular weight is 574 g/mol. The van der Waals surface area contributed by atoms with Gasteiger partial charge in [-0.05, 0) is 61.0 Å². The molecule has 0 spiro atoms. The van der Waals surface area contributed by atoms with E-state index < -0.39 is 19.4 Å². The second-order valence-electron chi connectivity index (χ2n) is 11.5. The van der Waals surface area contributed by atoms with Gasteiger partial charge >= 0.3 is 0 Å². The molecule has 0 saturated carbocycles. The summed E-state index contributed by atoms with van der Waals surface area (Å²) in [5.41, 5.74) is 4.41. The molecule has 206 valence electrons. The first-order valence-electron chi connectivity index (χ1n) is 16.1. The first-order chi connectivity index (χ1) is 22.2. The summed E-state index contributed by atoms with van der Waals surface area (Å²) in [4.78, 5) is 0. The highest BCUT2D eigenvalue weighted by Crippen LogP contribution is 2.53. The predicted molar refractivity (Wildman–Crippen MR) is 184 cm³/mol. The molecule has 0 aliphatic heterocycles. The van der Waals surface area contributed by atoms with Crippen LogP contribution in [0.5, 0.6) is 0 Å². The van der Waals surface area contributed by atoms with E-state index in [-0.39, 0.29) is 0 Å². The van der Waals surface area contributed by atoms with Crippen molar-refractivity contribution in [1.29, 1.82) is 0 Å². The zero-order valence-corrected chi connectivity index (χ0v) is 24.7. The maximum Gasteiger partial charge on any atom is 0.171 e. The Labute approximate surface area is 257 Å². The molecule has 1 nitrogen and oxygen atoms in total. The molecule has 1 atom stereocenters. The Bertz CT molecular complexity index is 2300. The van der Waals surface area contributed by atoms with Crippen molar-refractivity contribution < 1.29 is 8.68 Å². The lowest BCUT2D eigenvalue weighted by Gasteiger charge is -2.36. The number of rotatable bonds is 4. The largest absolute Gasteiger partial charge is 0.309 e. The first kappa shape index (κ1) is 22.8. The van der Waals surface area contributed by atoms with Crippen molar-refractivity contribution in [3.05, 3.63) is 163 Å². The zero-order chi connectivity index (χ0) is 31.7. The van der Waals surface area contributed by atoms with Crippen LogP contribution in [0.15, 0.2) is 152 Å². The molecule has 1 unspecified atom stereocenters. The molecular formula is C41H31OP. The Morgan fingerprint density at radius 3 is 1.77 bits per heavy atom. The Hall–Kier alpha value is -4.71. The molecule has 0 fully saturated rings. The van der Waals surface area contributed by atoms with Crippen LogP contribution in [0.2, 0.25) is 0 Å². The fraction of sp³-hybridized carbons (Fsp3) is 0.0732. The normalized spacial score (nSPS) is 17.2. The molecule has 0 radical (unpaired) electrons. The maximum absolute atomic E-state index is 15.4. The fourth-order valence-corrected chi connectivity index (χ4v) is 9.79. The van der Waals surface area contributed by atoms with E-state index in [1.54, 1.807) is 0 Å². The van der Waals surface area contributed by atoms with Gasteiger partial charge in [0.15, 0.2) is 7.14 Å². The quantitative estimate of drug-likeness (QED) is 0.151.